The van der Waals surface area contributed by atoms with Crippen molar-refractivity contribution in [2.24, 2.45) is 0 Å². The summed E-state index contributed by atoms with van der Waals surface area (Å²) in [6.45, 7) is 0. The van der Waals surface area contributed by atoms with Crippen LogP contribution in [0.4, 0.5) is 0 Å². The lowest BCUT2D eigenvalue weighted by molar-refractivity contribution is -0.139. The SMILES string of the molecule is COc1ccc(-c2ccnc(C(=O)NC(Cc3ccc(-c4ccccc4)cc3)C(=O)O)c2)cc1. The zero-order valence-corrected chi connectivity index (χ0v) is 18.6. The minimum absolute atomic E-state index is 0.152. The number of carbonyl (C=O) groups is 2. The molecular weight excluding hydrogens is 428 g/mol. The molecule has 6 heteroatoms. The number of aromatic nitrogens is 1. The summed E-state index contributed by atoms with van der Waals surface area (Å²) < 4.78 is 5.18. The maximum Gasteiger partial charge on any atom is 0.326 e. The van der Waals surface area contributed by atoms with Crippen molar-refractivity contribution < 1.29 is 19.4 Å². The van der Waals surface area contributed by atoms with E-state index in [4.69, 9.17) is 4.74 Å². The Bertz CT molecular complexity index is 1270. The average molecular weight is 453 g/mol. The van der Waals surface area contributed by atoms with Gasteiger partial charge in [0.15, 0.2) is 0 Å². The van der Waals surface area contributed by atoms with Crippen molar-refractivity contribution in [3.8, 4) is 28.0 Å². The summed E-state index contributed by atoms with van der Waals surface area (Å²) in [5, 5.41) is 12.3. The minimum atomic E-state index is -1.10. The summed E-state index contributed by atoms with van der Waals surface area (Å²) in [5.41, 5.74) is 4.78. The third-order valence-corrected chi connectivity index (χ3v) is 5.52. The maximum absolute atomic E-state index is 12.8. The van der Waals surface area contributed by atoms with Gasteiger partial charge in [0.1, 0.15) is 17.5 Å². The summed E-state index contributed by atoms with van der Waals surface area (Å²) in [5.74, 6) is -0.910. The van der Waals surface area contributed by atoms with Crippen LogP contribution in [-0.4, -0.2) is 35.1 Å². The van der Waals surface area contributed by atoms with Crippen LogP contribution in [0.15, 0.2) is 97.2 Å². The maximum atomic E-state index is 12.8. The number of nitrogens with one attached hydrogen (secondary N) is 1. The van der Waals surface area contributed by atoms with Crippen LogP contribution in [0.25, 0.3) is 22.3 Å². The Hall–Kier alpha value is -4.45. The molecule has 6 nitrogen and oxygen atoms in total. The quantitative estimate of drug-likeness (QED) is 0.399. The van der Waals surface area contributed by atoms with Gasteiger partial charge in [-0.05, 0) is 52.1 Å². The molecule has 34 heavy (non-hydrogen) atoms. The first-order valence-electron chi connectivity index (χ1n) is 10.8. The van der Waals surface area contributed by atoms with Gasteiger partial charge in [-0.1, -0.05) is 66.7 Å². The number of hydrogen-bond acceptors (Lipinski definition) is 4. The Morgan fingerprint density at radius 2 is 1.47 bits per heavy atom. The lowest BCUT2D eigenvalue weighted by Crippen LogP contribution is -2.42. The van der Waals surface area contributed by atoms with Crippen LogP contribution in [0.2, 0.25) is 0 Å². The molecule has 0 radical (unpaired) electrons. The molecule has 0 saturated heterocycles. The second-order valence-corrected chi connectivity index (χ2v) is 7.79. The highest BCUT2D eigenvalue weighted by molar-refractivity contribution is 5.96. The van der Waals surface area contributed by atoms with Gasteiger partial charge in [-0.15, -0.1) is 0 Å². The first kappa shape index (κ1) is 22.7. The lowest BCUT2D eigenvalue weighted by atomic mass is 10.0. The zero-order valence-electron chi connectivity index (χ0n) is 18.6. The summed E-state index contributed by atoms with van der Waals surface area (Å²) >= 11 is 0. The molecule has 1 aromatic heterocycles. The Morgan fingerprint density at radius 1 is 0.853 bits per heavy atom. The molecule has 1 atom stereocenters. The largest absolute Gasteiger partial charge is 0.497 e. The van der Waals surface area contributed by atoms with Crippen molar-refractivity contribution in [1.82, 2.24) is 10.3 Å². The van der Waals surface area contributed by atoms with E-state index in [1.807, 2.05) is 78.9 Å². The van der Waals surface area contributed by atoms with Gasteiger partial charge < -0.3 is 15.2 Å². The number of aliphatic carboxylic acids is 1. The normalized spacial score (nSPS) is 11.4. The van der Waals surface area contributed by atoms with Gasteiger partial charge in [-0.2, -0.15) is 0 Å². The summed E-state index contributed by atoms with van der Waals surface area (Å²) in [7, 11) is 1.60. The Kier molecular flexibility index (Phi) is 6.98. The number of carboxylic acids is 1. The van der Waals surface area contributed by atoms with Crippen LogP contribution < -0.4 is 10.1 Å². The molecule has 0 aliphatic heterocycles. The van der Waals surface area contributed by atoms with Crippen molar-refractivity contribution >= 4 is 11.9 Å². The van der Waals surface area contributed by atoms with E-state index < -0.39 is 17.9 Å². The Balaban J connectivity index is 1.46. The van der Waals surface area contributed by atoms with Crippen LogP contribution in [0.1, 0.15) is 16.1 Å². The molecule has 1 unspecified atom stereocenters. The first-order valence-corrected chi connectivity index (χ1v) is 10.8. The fourth-order valence-electron chi connectivity index (χ4n) is 3.65. The third kappa shape index (κ3) is 5.48. The van der Waals surface area contributed by atoms with Gasteiger partial charge >= 0.3 is 5.97 Å². The fraction of sp³-hybridized carbons (Fsp3) is 0.107. The topological polar surface area (TPSA) is 88.5 Å². The molecule has 0 spiro atoms. The molecule has 170 valence electrons. The molecule has 0 saturated carbocycles. The number of carboxylic acid groups (broad SMARTS) is 1. The number of carbonyl (C=O) groups excluding carboxylic acids is 1. The lowest BCUT2D eigenvalue weighted by Gasteiger charge is -2.15. The molecule has 0 bridgehead atoms. The van der Waals surface area contributed by atoms with Gasteiger partial charge in [0, 0.05) is 12.6 Å². The number of rotatable bonds is 8. The van der Waals surface area contributed by atoms with Crippen LogP contribution in [-0.2, 0) is 11.2 Å². The zero-order chi connectivity index (χ0) is 23.9. The number of nitrogens with zero attached hydrogens (tertiary/aromatic N) is 1. The summed E-state index contributed by atoms with van der Waals surface area (Å²) in [4.78, 5) is 28.8. The molecule has 3 aromatic carbocycles. The minimum Gasteiger partial charge on any atom is -0.497 e. The monoisotopic (exact) mass is 452 g/mol. The van der Waals surface area contributed by atoms with E-state index in [0.717, 1.165) is 33.6 Å². The highest BCUT2D eigenvalue weighted by atomic mass is 16.5. The number of ether oxygens (including phenoxy) is 1. The highest BCUT2D eigenvalue weighted by Crippen LogP contribution is 2.23. The smallest absolute Gasteiger partial charge is 0.326 e. The number of methoxy groups -OCH3 is 1. The van der Waals surface area contributed by atoms with Crippen LogP contribution in [0.3, 0.4) is 0 Å². The molecule has 2 N–H and O–H groups in total. The summed E-state index contributed by atoms with van der Waals surface area (Å²) in [6, 6.07) is 27.4. The van der Waals surface area contributed by atoms with Crippen molar-refractivity contribution in [2.45, 2.75) is 12.5 Å². The van der Waals surface area contributed by atoms with Gasteiger partial charge in [-0.3, -0.25) is 9.78 Å². The second-order valence-electron chi connectivity index (χ2n) is 7.79. The van der Waals surface area contributed by atoms with Crippen molar-refractivity contribution in [3.63, 3.8) is 0 Å². The molecule has 4 rings (SSSR count). The third-order valence-electron chi connectivity index (χ3n) is 5.52. The number of benzene rings is 3. The van der Waals surface area contributed by atoms with Crippen molar-refractivity contribution in [1.29, 1.82) is 0 Å². The van der Waals surface area contributed by atoms with E-state index in [1.54, 1.807) is 19.2 Å². The van der Waals surface area contributed by atoms with E-state index in [-0.39, 0.29) is 12.1 Å². The molecular formula is C28H24N2O4. The van der Waals surface area contributed by atoms with E-state index in [9.17, 15) is 14.7 Å². The molecule has 0 fully saturated rings. The van der Waals surface area contributed by atoms with Gasteiger partial charge in [0.2, 0.25) is 0 Å². The highest BCUT2D eigenvalue weighted by Gasteiger charge is 2.22. The number of amides is 1. The van der Waals surface area contributed by atoms with Crippen LogP contribution >= 0.6 is 0 Å². The predicted octanol–water partition coefficient (Wildman–Crippen LogP) is 4.85. The molecule has 1 heterocycles. The van der Waals surface area contributed by atoms with Gasteiger partial charge in [-0.25, -0.2) is 4.79 Å². The predicted molar refractivity (Wildman–Crippen MR) is 131 cm³/mol. The number of pyridine rings is 1. The van der Waals surface area contributed by atoms with Crippen LogP contribution in [0, 0.1) is 0 Å². The first-order chi connectivity index (χ1) is 16.5. The Labute approximate surface area is 197 Å². The van der Waals surface area contributed by atoms with E-state index in [0.29, 0.717) is 0 Å². The molecule has 1 amide bonds. The van der Waals surface area contributed by atoms with E-state index in [2.05, 4.69) is 10.3 Å². The Morgan fingerprint density at radius 3 is 2.12 bits per heavy atom. The van der Waals surface area contributed by atoms with E-state index >= 15 is 0 Å². The van der Waals surface area contributed by atoms with Crippen LogP contribution in [0.5, 0.6) is 5.75 Å². The standard InChI is InChI=1S/C28H24N2O4/c1-34-24-13-11-22(12-14-24)23-15-16-29-25(18-23)27(31)30-26(28(32)33)17-19-7-9-21(10-8-19)20-5-3-2-4-6-20/h2-16,18,26H,17H2,1H3,(H,30,31)(H,32,33). The second kappa shape index (κ2) is 10.4. The average Bonchev–Trinajstić information content (AvgIpc) is 2.89. The van der Waals surface area contributed by atoms with Gasteiger partial charge in [0.25, 0.3) is 5.91 Å². The molecule has 0 aliphatic carbocycles. The summed E-state index contributed by atoms with van der Waals surface area (Å²) in [6.07, 6.45) is 1.70. The fourth-order valence-corrected chi connectivity index (χ4v) is 3.65. The van der Waals surface area contributed by atoms with E-state index in [1.165, 1.54) is 6.20 Å². The van der Waals surface area contributed by atoms with Gasteiger partial charge in [0.05, 0.1) is 7.11 Å². The molecule has 4 aromatic rings. The number of hydrogen-bond donors (Lipinski definition) is 2. The molecule has 0 aliphatic rings. The van der Waals surface area contributed by atoms with Crippen molar-refractivity contribution in [3.05, 3.63) is 108 Å². The van der Waals surface area contributed by atoms with Crippen molar-refractivity contribution in [2.75, 3.05) is 7.11 Å².